The summed E-state index contributed by atoms with van der Waals surface area (Å²) in [6.07, 6.45) is 0.899. The van der Waals surface area contributed by atoms with E-state index in [-0.39, 0.29) is 6.04 Å². The van der Waals surface area contributed by atoms with Crippen LogP contribution in [0.15, 0.2) is 82.3 Å². The molecule has 0 saturated carbocycles. The van der Waals surface area contributed by atoms with E-state index in [1.54, 1.807) is 18.4 Å². The summed E-state index contributed by atoms with van der Waals surface area (Å²) >= 11 is 7.56. The molecule has 0 bridgehead atoms. The highest BCUT2D eigenvalue weighted by molar-refractivity contribution is 7.80. The van der Waals surface area contributed by atoms with E-state index in [2.05, 4.69) is 39.8 Å². The number of nitrogens with zero attached hydrogens (tertiary/aromatic N) is 3. The van der Waals surface area contributed by atoms with Crippen LogP contribution >= 0.6 is 23.6 Å². The summed E-state index contributed by atoms with van der Waals surface area (Å²) in [5.41, 5.74) is 3.87. The van der Waals surface area contributed by atoms with Crippen LogP contribution < -0.4 is 10.1 Å². The van der Waals surface area contributed by atoms with E-state index in [0.717, 1.165) is 41.1 Å². The molecular formula is C26H24N4O2S2. The molecule has 0 fully saturated rings. The Hall–Kier alpha value is -3.49. The molecule has 2 aromatic heterocycles. The highest BCUT2D eigenvalue weighted by atomic mass is 32.1. The first kappa shape index (κ1) is 22.3. The summed E-state index contributed by atoms with van der Waals surface area (Å²) in [4.78, 5) is 8.21. The van der Waals surface area contributed by atoms with Crippen LogP contribution in [0.4, 0.5) is 0 Å². The Morgan fingerprint density at radius 1 is 1.09 bits per heavy atom. The molecule has 172 valence electrons. The Labute approximate surface area is 207 Å². The van der Waals surface area contributed by atoms with E-state index in [9.17, 15) is 0 Å². The minimum atomic E-state index is -0.222. The lowest BCUT2D eigenvalue weighted by atomic mass is 9.94. The molecule has 1 N–H and O–H groups in total. The fourth-order valence-electron chi connectivity index (χ4n) is 4.09. The molecule has 4 aromatic rings. The van der Waals surface area contributed by atoms with Crippen molar-refractivity contribution in [2.24, 2.45) is 0 Å². The van der Waals surface area contributed by atoms with Gasteiger partial charge < -0.3 is 19.5 Å². The Morgan fingerprint density at radius 3 is 2.59 bits per heavy atom. The second-order valence-electron chi connectivity index (χ2n) is 7.92. The fraction of sp³-hybridized carbons (Fsp3) is 0.192. The molecule has 0 aliphatic carbocycles. The summed E-state index contributed by atoms with van der Waals surface area (Å²) in [6.45, 7) is 2.83. The molecule has 0 saturated heterocycles. The number of aromatic nitrogens is 2. The van der Waals surface area contributed by atoms with Crippen LogP contribution in [0.2, 0.25) is 0 Å². The molecule has 1 aliphatic heterocycles. The topological polar surface area (TPSA) is 63.4 Å². The van der Waals surface area contributed by atoms with E-state index in [1.165, 1.54) is 4.88 Å². The summed E-state index contributed by atoms with van der Waals surface area (Å²) in [5, 5.41) is 10.6. The third-order valence-electron chi connectivity index (χ3n) is 5.90. The third kappa shape index (κ3) is 4.47. The van der Waals surface area contributed by atoms with Gasteiger partial charge in [0.1, 0.15) is 5.75 Å². The Bertz CT molecular complexity index is 1300. The number of methoxy groups -OCH3 is 1. The number of nitrogens with one attached hydrogen (secondary N) is 1. The molecular weight excluding hydrogens is 464 g/mol. The zero-order chi connectivity index (χ0) is 23.5. The van der Waals surface area contributed by atoms with E-state index >= 15 is 0 Å². The van der Waals surface area contributed by atoms with Crippen molar-refractivity contribution in [3.8, 4) is 17.1 Å². The quantitative estimate of drug-likeness (QED) is 0.334. The van der Waals surface area contributed by atoms with Crippen LogP contribution in [0, 0.1) is 0 Å². The summed E-state index contributed by atoms with van der Waals surface area (Å²) in [7, 11) is 1.66. The summed E-state index contributed by atoms with van der Waals surface area (Å²) in [5.74, 6) is 1.84. The molecule has 1 atom stereocenters. The van der Waals surface area contributed by atoms with E-state index in [4.69, 9.17) is 26.5 Å². The zero-order valence-corrected chi connectivity index (χ0v) is 20.5. The van der Waals surface area contributed by atoms with Crippen molar-refractivity contribution in [2.45, 2.75) is 19.4 Å². The van der Waals surface area contributed by atoms with Gasteiger partial charge >= 0.3 is 0 Å². The van der Waals surface area contributed by atoms with Gasteiger partial charge in [-0.2, -0.15) is 4.98 Å². The molecule has 2 aromatic carbocycles. The average molecular weight is 489 g/mol. The maximum Gasteiger partial charge on any atom is 0.258 e. The lowest BCUT2D eigenvalue weighted by Crippen LogP contribution is -2.46. The second kappa shape index (κ2) is 9.79. The average Bonchev–Trinajstić information content (AvgIpc) is 3.57. The zero-order valence-electron chi connectivity index (χ0n) is 18.9. The van der Waals surface area contributed by atoms with Crippen LogP contribution in [-0.4, -0.2) is 33.8 Å². The number of rotatable bonds is 7. The highest BCUT2D eigenvalue weighted by Crippen LogP contribution is 2.38. The molecule has 1 aliphatic rings. The first-order valence-corrected chi connectivity index (χ1v) is 12.3. The first-order valence-electron chi connectivity index (χ1n) is 11.0. The molecule has 5 rings (SSSR count). The molecule has 0 spiro atoms. The van der Waals surface area contributed by atoms with Crippen LogP contribution in [0.5, 0.6) is 5.75 Å². The number of allylic oxidation sites excluding steroid dienone is 1. The van der Waals surface area contributed by atoms with Crippen LogP contribution in [-0.2, 0) is 6.42 Å². The van der Waals surface area contributed by atoms with Gasteiger partial charge in [-0.3, -0.25) is 0 Å². The third-order valence-corrected chi connectivity index (χ3v) is 7.17. The Balaban J connectivity index is 1.55. The molecule has 0 radical (unpaired) electrons. The van der Waals surface area contributed by atoms with Crippen LogP contribution in [0.25, 0.3) is 17.0 Å². The molecule has 8 heteroatoms. The van der Waals surface area contributed by atoms with E-state index in [0.29, 0.717) is 16.8 Å². The number of benzene rings is 2. The monoisotopic (exact) mass is 488 g/mol. The Kier molecular flexibility index (Phi) is 6.42. The van der Waals surface area contributed by atoms with Crippen molar-refractivity contribution in [1.29, 1.82) is 0 Å². The maximum absolute atomic E-state index is 5.81. The van der Waals surface area contributed by atoms with Gasteiger partial charge in [-0.1, -0.05) is 53.7 Å². The lowest BCUT2D eigenvalue weighted by molar-refractivity contribution is 0.397. The maximum atomic E-state index is 5.81. The normalized spacial score (nSPS) is 16.0. The number of thiocarbonyl (C=S) groups is 1. The number of hydrogen-bond acceptors (Lipinski definition) is 6. The number of hydrogen-bond donors (Lipinski definition) is 1. The van der Waals surface area contributed by atoms with Gasteiger partial charge in [0.05, 0.1) is 18.7 Å². The predicted molar refractivity (Wildman–Crippen MR) is 139 cm³/mol. The molecule has 34 heavy (non-hydrogen) atoms. The molecule has 3 heterocycles. The van der Waals surface area contributed by atoms with Gasteiger partial charge in [0.2, 0.25) is 5.82 Å². The lowest BCUT2D eigenvalue weighted by Gasteiger charge is -2.37. The molecule has 1 unspecified atom stereocenters. The fourth-order valence-corrected chi connectivity index (χ4v) is 5.13. The molecule has 0 amide bonds. The smallest absolute Gasteiger partial charge is 0.258 e. The van der Waals surface area contributed by atoms with E-state index in [1.807, 2.05) is 54.6 Å². The van der Waals surface area contributed by atoms with Crippen molar-refractivity contribution in [2.75, 3.05) is 13.7 Å². The highest BCUT2D eigenvalue weighted by Gasteiger charge is 2.34. The standard InChI is InChI=1S/C26H24N4O2S2/c1-17-22(25-28-24(29-32-25)19-7-4-3-5-8-19)23(18-10-12-20(31-2)13-11-18)27-26(33)30(17)15-14-21-9-6-16-34-21/h3-13,16,23H,14-15H2,1-2H3,(H,27,33). The largest absolute Gasteiger partial charge is 0.497 e. The van der Waals surface area contributed by atoms with Crippen molar-refractivity contribution < 1.29 is 9.26 Å². The van der Waals surface area contributed by atoms with Gasteiger partial charge in [0.25, 0.3) is 5.89 Å². The first-order chi connectivity index (χ1) is 16.6. The van der Waals surface area contributed by atoms with Crippen molar-refractivity contribution in [3.63, 3.8) is 0 Å². The predicted octanol–water partition coefficient (Wildman–Crippen LogP) is 5.71. The van der Waals surface area contributed by atoms with Crippen LogP contribution in [0.1, 0.15) is 29.3 Å². The van der Waals surface area contributed by atoms with Crippen LogP contribution in [0.3, 0.4) is 0 Å². The summed E-state index contributed by atoms with van der Waals surface area (Å²) < 4.78 is 11.1. The Morgan fingerprint density at radius 2 is 1.88 bits per heavy atom. The van der Waals surface area contributed by atoms with Gasteiger partial charge in [-0.15, -0.1) is 11.3 Å². The van der Waals surface area contributed by atoms with Gasteiger partial charge in [0.15, 0.2) is 5.11 Å². The number of ether oxygens (including phenoxy) is 1. The van der Waals surface area contributed by atoms with Crippen molar-refractivity contribution in [1.82, 2.24) is 20.4 Å². The minimum Gasteiger partial charge on any atom is -0.497 e. The second-order valence-corrected chi connectivity index (χ2v) is 9.34. The summed E-state index contributed by atoms with van der Waals surface area (Å²) in [6, 6.07) is 21.8. The van der Waals surface area contributed by atoms with E-state index < -0.39 is 0 Å². The van der Waals surface area contributed by atoms with Gasteiger partial charge in [-0.05, 0) is 54.7 Å². The van der Waals surface area contributed by atoms with Gasteiger partial charge in [-0.25, -0.2) is 0 Å². The SMILES string of the molecule is COc1ccc(C2NC(=S)N(CCc3cccs3)C(C)=C2c2nc(-c3ccccc3)no2)cc1. The molecule has 6 nitrogen and oxygen atoms in total. The van der Waals surface area contributed by atoms with Crippen molar-refractivity contribution in [3.05, 3.63) is 94.1 Å². The minimum absolute atomic E-state index is 0.222. The number of thiophene rings is 1. The van der Waals surface area contributed by atoms with Gasteiger partial charge in [0, 0.05) is 22.7 Å². The van der Waals surface area contributed by atoms with Crippen molar-refractivity contribution >= 4 is 34.2 Å².